The summed E-state index contributed by atoms with van der Waals surface area (Å²) < 4.78 is 1.03. The third-order valence-electron chi connectivity index (χ3n) is 1.40. The minimum Gasteiger partial charge on any atom is -0.386 e. The van der Waals surface area contributed by atoms with Crippen molar-refractivity contribution in [2.45, 2.75) is 23.7 Å². The van der Waals surface area contributed by atoms with Gasteiger partial charge in [-0.25, -0.2) is 0 Å². The van der Waals surface area contributed by atoms with Gasteiger partial charge in [-0.2, -0.15) is 0 Å². The van der Waals surface area contributed by atoms with E-state index in [1.807, 2.05) is 11.4 Å². The molecule has 1 heterocycles. The highest BCUT2D eigenvalue weighted by atomic mass is 32.2. The Labute approximate surface area is 74.6 Å². The quantitative estimate of drug-likeness (QED) is 0.699. The van der Waals surface area contributed by atoms with E-state index in [-0.39, 0.29) is 0 Å². The first kappa shape index (κ1) is 9.06. The molecular formula is C7H11NOS2. The predicted molar refractivity (Wildman–Crippen MR) is 49.6 cm³/mol. The zero-order valence-corrected chi connectivity index (χ0v) is 8.13. The normalized spacial score (nSPS) is 12.0. The summed E-state index contributed by atoms with van der Waals surface area (Å²) in [5.74, 6) is 0. The smallest absolute Gasteiger partial charge is 0.0848 e. The molecule has 0 amide bonds. The van der Waals surface area contributed by atoms with E-state index in [4.69, 9.17) is 5.14 Å². The monoisotopic (exact) mass is 189 g/mol. The molecule has 0 aromatic carbocycles. The first-order valence-corrected chi connectivity index (χ1v) is 4.98. The van der Waals surface area contributed by atoms with Crippen LogP contribution in [0.5, 0.6) is 0 Å². The van der Waals surface area contributed by atoms with Gasteiger partial charge in [0.25, 0.3) is 0 Å². The van der Waals surface area contributed by atoms with Crippen molar-refractivity contribution in [1.29, 1.82) is 0 Å². The molecule has 0 spiro atoms. The van der Waals surface area contributed by atoms with E-state index in [1.54, 1.807) is 25.2 Å². The average molecular weight is 189 g/mol. The first-order chi connectivity index (χ1) is 5.04. The largest absolute Gasteiger partial charge is 0.386 e. The molecule has 1 aromatic rings. The van der Waals surface area contributed by atoms with Crippen molar-refractivity contribution in [3.05, 3.63) is 17.0 Å². The molecule has 1 aromatic heterocycles. The van der Waals surface area contributed by atoms with E-state index in [0.29, 0.717) is 0 Å². The molecule has 3 N–H and O–H groups in total. The van der Waals surface area contributed by atoms with Gasteiger partial charge >= 0.3 is 0 Å². The average Bonchev–Trinajstić information content (AvgIpc) is 2.32. The van der Waals surface area contributed by atoms with Gasteiger partial charge in [-0.05, 0) is 42.8 Å². The standard InChI is InChI=1S/C7H11NOS2/c1-7(2,9)5-3-6(11-8)10-4-5/h3-4,9H,8H2,1-2H3. The number of rotatable bonds is 2. The van der Waals surface area contributed by atoms with Crippen LogP contribution in [0.2, 0.25) is 0 Å². The van der Waals surface area contributed by atoms with Crippen LogP contribution in [0.3, 0.4) is 0 Å². The van der Waals surface area contributed by atoms with Crippen LogP contribution in [0.1, 0.15) is 19.4 Å². The van der Waals surface area contributed by atoms with E-state index in [1.165, 1.54) is 11.9 Å². The molecule has 0 aliphatic carbocycles. The van der Waals surface area contributed by atoms with Gasteiger partial charge in [0.1, 0.15) is 0 Å². The predicted octanol–water partition coefficient (Wildman–Crippen LogP) is 1.94. The molecule has 4 heteroatoms. The van der Waals surface area contributed by atoms with Crippen molar-refractivity contribution in [3.63, 3.8) is 0 Å². The lowest BCUT2D eigenvalue weighted by Crippen LogP contribution is -2.13. The molecular weight excluding hydrogens is 178 g/mol. The van der Waals surface area contributed by atoms with Crippen LogP contribution in [0.25, 0.3) is 0 Å². The van der Waals surface area contributed by atoms with E-state index < -0.39 is 5.60 Å². The van der Waals surface area contributed by atoms with Crippen molar-refractivity contribution in [2.75, 3.05) is 0 Å². The second-order valence-corrected chi connectivity index (χ2v) is 4.68. The molecule has 0 radical (unpaired) electrons. The minimum atomic E-state index is -0.746. The van der Waals surface area contributed by atoms with E-state index in [2.05, 4.69) is 0 Å². The second-order valence-electron chi connectivity index (χ2n) is 2.83. The fourth-order valence-electron chi connectivity index (χ4n) is 0.699. The Morgan fingerprint density at radius 2 is 2.27 bits per heavy atom. The topological polar surface area (TPSA) is 46.2 Å². The summed E-state index contributed by atoms with van der Waals surface area (Å²) in [5, 5.41) is 16.8. The Morgan fingerprint density at radius 3 is 2.55 bits per heavy atom. The van der Waals surface area contributed by atoms with Crippen LogP contribution in [0, 0.1) is 0 Å². The number of aliphatic hydroxyl groups is 1. The van der Waals surface area contributed by atoms with Crippen molar-refractivity contribution < 1.29 is 5.11 Å². The minimum absolute atomic E-state index is 0.746. The Balaban J connectivity index is 2.89. The summed E-state index contributed by atoms with van der Waals surface area (Å²) in [5.41, 5.74) is 0.181. The number of hydrogen-bond donors (Lipinski definition) is 2. The third kappa shape index (κ3) is 2.20. The van der Waals surface area contributed by atoms with Gasteiger partial charge in [-0.1, -0.05) is 0 Å². The van der Waals surface area contributed by atoms with Crippen molar-refractivity contribution in [1.82, 2.24) is 0 Å². The van der Waals surface area contributed by atoms with E-state index in [0.717, 1.165) is 9.77 Å². The van der Waals surface area contributed by atoms with Crippen molar-refractivity contribution in [2.24, 2.45) is 5.14 Å². The highest BCUT2D eigenvalue weighted by molar-refractivity contribution is 7.99. The van der Waals surface area contributed by atoms with Crippen LogP contribution in [0.4, 0.5) is 0 Å². The summed E-state index contributed by atoms with van der Waals surface area (Å²) >= 11 is 2.77. The second kappa shape index (κ2) is 3.15. The molecule has 0 atom stereocenters. The maximum atomic E-state index is 9.55. The lowest BCUT2D eigenvalue weighted by atomic mass is 10.0. The molecule has 0 saturated heterocycles. The number of hydrogen-bond acceptors (Lipinski definition) is 4. The lowest BCUT2D eigenvalue weighted by molar-refractivity contribution is 0.0789. The SMILES string of the molecule is CC(C)(O)c1csc(SN)c1. The molecule has 11 heavy (non-hydrogen) atoms. The van der Waals surface area contributed by atoms with Gasteiger partial charge < -0.3 is 5.11 Å². The Morgan fingerprint density at radius 1 is 1.64 bits per heavy atom. The lowest BCUT2D eigenvalue weighted by Gasteiger charge is -2.14. The van der Waals surface area contributed by atoms with E-state index >= 15 is 0 Å². The Hall–Kier alpha value is -0.0300. The number of thiophene rings is 1. The Kier molecular flexibility index (Phi) is 2.59. The maximum absolute atomic E-state index is 9.55. The summed E-state index contributed by atoms with van der Waals surface area (Å²) in [7, 11) is 0. The Bertz CT molecular complexity index is 239. The van der Waals surface area contributed by atoms with Gasteiger partial charge in [-0.15, -0.1) is 11.3 Å². The third-order valence-corrected chi connectivity index (χ3v) is 3.05. The van der Waals surface area contributed by atoms with Gasteiger partial charge in [0.05, 0.1) is 9.81 Å². The van der Waals surface area contributed by atoms with Crippen LogP contribution in [-0.4, -0.2) is 5.11 Å². The van der Waals surface area contributed by atoms with Gasteiger partial charge in [0, 0.05) is 0 Å². The molecule has 2 nitrogen and oxygen atoms in total. The molecule has 0 aliphatic heterocycles. The van der Waals surface area contributed by atoms with Gasteiger partial charge in [0.2, 0.25) is 0 Å². The van der Waals surface area contributed by atoms with Crippen LogP contribution in [0.15, 0.2) is 15.7 Å². The molecule has 0 bridgehead atoms. The van der Waals surface area contributed by atoms with Crippen molar-refractivity contribution in [3.8, 4) is 0 Å². The summed E-state index contributed by atoms with van der Waals surface area (Å²) in [4.78, 5) is 0. The molecule has 0 saturated carbocycles. The summed E-state index contributed by atoms with van der Waals surface area (Å²) in [6.07, 6.45) is 0. The van der Waals surface area contributed by atoms with E-state index in [9.17, 15) is 5.11 Å². The molecule has 0 aliphatic rings. The highest BCUT2D eigenvalue weighted by Gasteiger charge is 2.17. The molecule has 0 unspecified atom stereocenters. The highest BCUT2D eigenvalue weighted by Crippen LogP contribution is 2.29. The molecule has 1 rings (SSSR count). The zero-order chi connectivity index (χ0) is 8.48. The summed E-state index contributed by atoms with van der Waals surface area (Å²) in [6.45, 7) is 3.53. The van der Waals surface area contributed by atoms with Crippen LogP contribution in [-0.2, 0) is 5.60 Å². The number of nitrogens with two attached hydrogens (primary N) is 1. The van der Waals surface area contributed by atoms with Gasteiger partial charge in [0.15, 0.2) is 0 Å². The fourth-order valence-corrected chi connectivity index (χ4v) is 2.06. The van der Waals surface area contributed by atoms with Gasteiger partial charge in [-0.3, -0.25) is 5.14 Å². The maximum Gasteiger partial charge on any atom is 0.0848 e. The first-order valence-electron chi connectivity index (χ1n) is 3.22. The fraction of sp³-hybridized carbons (Fsp3) is 0.429. The molecule has 62 valence electrons. The van der Waals surface area contributed by atoms with Crippen LogP contribution >= 0.6 is 23.3 Å². The summed E-state index contributed by atoms with van der Waals surface area (Å²) in [6, 6.07) is 1.91. The van der Waals surface area contributed by atoms with Crippen molar-refractivity contribution >= 4 is 23.3 Å². The van der Waals surface area contributed by atoms with Crippen LogP contribution < -0.4 is 5.14 Å². The zero-order valence-electron chi connectivity index (χ0n) is 6.50. The molecule has 0 fully saturated rings.